The summed E-state index contributed by atoms with van der Waals surface area (Å²) in [5.74, 6) is -1.45. The molecule has 1 unspecified atom stereocenters. The molecule has 1 aliphatic rings. The van der Waals surface area contributed by atoms with Gasteiger partial charge in [-0.05, 0) is 36.7 Å². The van der Waals surface area contributed by atoms with E-state index in [4.69, 9.17) is 4.74 Å². The third-order valence-electron chi connectivity index (χ3n) is 5.56. The molecule has 1 atom stereocenters. The third-order valence-corrected chi connectivity index (χ3v) is 5.56. The molecule has 36 heavy (non-hydrogen) atoms. The highest BCUT2D eigenvalue weighted by atomic mass is 19.1. The number of halogens is 2. The predicted octanol–water partition coefficient (Wildman–Crippen LogP) is 3.88. The Kier molecular flexibility index (Phi) is 11.0. The van der Waals surface area contributed by atoms with Crippen LogP contribution in [0.1, 0.15) is 45.3 Å². The summed E-state index contributed by atoms with van der Waals surface area (Å²) in [5.41, 5.74) is 5.53. The average molecular weight is 500 g/mol. The Hall–Kier alpha value is -3.85. The monoisotopic (exact) mass is 499 g/mol. The number of hydrogen-bond acceptors (Lipinski definition) is 5. The first-order valence-electron chi connectivity index (χ1n) is 11.4. The van der Waals surface area contributed by atoms with Crippen LogP contribution in [-0.4, -0.2) is 30.5 Å². The van der Waals surface area contributed by atoms with Crippen molar-refractivity contribution in [2.24, 2.45) is 11.7 Å². The van der Waals surface area contributed by atoms with Crippen LogP contribution < -0.4 is 21.2 Å². The molecule has 1 aliphatic heterocycles. The Morgan fingerprint density at radius 2 is 1.69 bits per heavy atom. The number of nitrogens with one attached hydrogen (secondary N) is 1. The fourth-order valence-corrected chi connectivity index (χ4v) is 3.67. The molecule has 0 spiro atoms. The molecular formula is C27H31F2N3O4. The van der Waals surface area contributed by atoms with Crippen LogP contribution in [0.2, 0.25) is 0 Å². The normalized spacial score (nSPS) is 13.8. The molecule has 0 saturated heterocycles. The van der Waals surface area contributed by atoms with E-state index < -0.39 is 11.3 Å². The van der Waals surface area contributed by atoms with Crippen molar-refractivity contribution in [2.45, 2.75) is 33.0 Å². The zero-order chi connectivity index (χ0) is 26.7. The maximum absolute atomic E-state index is 13.2. The second-order valence-corrected chi connectivity index (χ2v) is 7.88. The van der Waals surface area contributed by atoms with Gasteiger partial charge in [0.05, 0.1) is 7.18 Å². The molecule has 0 fully saturated rings. The molecule has 1 amide bonds. The summed E-state index contributed by atoms with van der Waals surface area (Å²) in [7, 11) is 2.00. The molecule has 9 heteroatoms. The van der Waals surface area contributed by atoms with Gasteiger partial charge in [0.1, 0.15) is 23.7 Å². The van der Waals surface area contributed by atoms with E-state index >= 15 is 0 Å². The molecule has 0 saturated carbocycles. The van der Waals surface area contributed by atoms with Gasteiger partial charge in [0, 0.05) is 25.2 Å². The Morgan fingerprint density at radius 1 is 1.06 bits per heavy atom. The van der Waals surface area contributed by atoms with Crippen LogP contribution >= 0.6 is 0 Å². The number of fused-ring (bicyclic) bond motifs is 1. The quantitative estimate of drug-likeness (QED) is 0.536. The number of nitrogens with two attached hydrogens (primary N) is 1. The SMILES string of the molecule is CC1CCn2cc(C(=O)NCc3ccc(F)cc3)c(=O)c(OCc3ccccc3)c2C1=O.CF.CN. The van der Waals surface area contributed by atoms with E-state index in [-0.39, 0.29) is 47.7 Å². The number of Topliss-reactive ketones (excluding diaryl/α,β-unsaturated/α-hetero) is 1. The number of benzene rings is 2. The zero-order valence-corrected chi connectivity index (χ0v) is 20.6. The van der Waals surface area contributed by atoms with Crippen molar-refractivity contribution in [1.29, 1.82) is 0 Å². The van der Waals surface area contributed by atoms with E-state index in [2.05, 4.69) is 11.1 Å². The summed E-state index contributed by atoms with van der Waals surface area (Å²) in [6, 6.07) is 15.0. The molecule has 7 nitrogen and oxygen atoms in total. The van der Waals surface area contributed by atoms with Crippen molar-refractivity contribution in [3.05, 3.63) is 99.2 Å². The van der Waals surface area contributed by atoms with Crippen LogP contribution in [0, 0.1) is 11.7 Å². The largest absolute Gasteiger partial charge is 0.483 e. The highest BCUT2D eigenvalue weighted by Crippen LogP contribution is 2.27. The van der Waals surface area contributed by atoms with E-state index in [9.17, 15) is 23.2 Å². The fraction of sp³-hybridized carbons (Fsp3) is 0.296. The number of aromatic nitrogens is 1. The Balaban J connectivity index is 0.00000109. The number of aryl methyl sites for hydroxylation is 1. The number of amides is 1. The van der Waals surface area contributed by atoms with E-state index in [0.717, 1.165) is 5.56 Å². The van der Waals surface area contributed by atoms with Crippen molar-refractivity contribution < 1.29 is 23.1 Å². The van der Waals surface area contributed by atoms with Gasteiger partial charge in [0.15, 0.2) is 11.5 Å². The first-order chi connectivity index (χ1) is 17.4. The van der Waals surface area contributed by atoms with Crippen LogP contribution in [0.5, 0.6) is 5.75 Å². The van der Waals surface area contributed by atoms with Gasteiger partial charge in [-0.2, -0.15) is 0 Å². The topological polar surface area (TPSA) is 103 Å². The first kappa shape index (κ1) is 28.4. The summed E-state index contributed by atoms with van der Waals surface area (Å²) in [5, 5.41) is 2.69. The van der Waals surface area contributed by atoms with Crippen molar-refractivity contribution >= 4 is 11.7 Å². The molecule has 3 N–H and O–H groups in total. The van der Waals surface area contributed by atoms with E-state index in [1.165, 1.54) is 25.4 Å². The van der Waals surface area contributed by atoms with Gasteiger partial charge in [0.2, 0.25) is 5.43 Å². The average Bonchev–Trinajstić information content (AvgIpc) is 2.92. The predicted molar refractivity (Wildman–Crippen MR) is 134 cm³/mol. The van der Waals surface area contributed by atoms with Crippen LogP contribution in [0.3, 0.4) is 0 Å². The van der Waals surface area contributed by atoms with E-state index in [1.807, 2.05) is 37.3 Å². The highest BCUT2D eigenvalue weighted by molar-refractivity contribution is 6.01. The lowest BCUT2D eigenvalue weighted by Gasteiger charge is -2.25. The number of ketones is 1. The van der Waals surface area contributed by atoms with Gasteiger partial charge in [0.25, 0.3) is 5.91 Å². The van der Waals surface area contributed by atoms with Gasteiger partial charge in [-0.1, -0.05) is 49.4 Å². The van der Waals surface area contributed by atoms with Gasteiger partial charge < -0.3 is 20.4 Å². The smallest absolute Gasteiger partial charge is 0.257 e. The lowest BCUT2D eigenvalue weighted by Crippen LogP contribution is -2.35. The minimum absolute atomic E-state index is 0.0960. The van der Waals surface area contributed by atoms with Gasteiger partial charge >= 0.3 is 0 Å². The third kappa shape index (κ3) is 6.85. The van der Waals surface area contributed by atoms with Crippen molar-refractivity contribution in [3.63, 3.8) is 0 Å². The molecule has 0 radical (unpaired) electrons. The lowest BCUT2D eigenvalue weighted by atomic mass is 9.94. The van der Waals surface area contributed by atoms with Gasteiger partial charge in [-0.15, -0.1) is 0 Å². The lowest BCUT2D eigenvalue weighted by molar-refractivity contribution is 0.0876. The van der Waals surface area contributed by atoms with Crippen LogP contribution in [0.25, 0.3) is 0 Å². The number of nitrogens with zero attached hydrogens (tertiary/aromatic N) is 1. The minimum atomic E-state index is -0.619. The summed E-state index contributed by atoms with van der Waals surface area (Å²) in [6.07, 6.45) is 2.04. The fourth-order valence-electron chi connectivity index (χ4n) is 3.67. The number of carbonyl (C=O) groups excluding carboxylic acids is 2. The number of rotatable bonds is 6. The Bertz CT molecular complexity index is 1210. The van der Waals surface area contributed by atoms with Crippen molar-refractivity contribution in [2.75, 3.05) is 14.2 Å². The molecule has 4 rings (SSSR count). The second kappa shape index (κ2) is 13.9. The van der Waals surface area contributed by atoms with Crippen LogP contribution in [0.4, 0.5) is 8.78 Å². The number of carbonyl (C=O) groups is 2. The Labute approximate surface area is 208 Å². The van der Waals surface area contributed by atoms with Crippen molar-refractivity contribution in [3.8, 4) is 5.75 Å². The maximum Gasteiger partial charge on any atom is 0.257 e. The molecule has 0 aliphatic carbocycles. The van der Waals surface area contributed by atoms with Crippen LogP contribution in [-0.2, 0) is 19.7 Å². The molecule has 1 aromatic heterocycles. The number of alkyl halides is 1. The van der Waals surface area contributed by atoms with Gasteiger partial charge in [-0.3, -0.25) is 18.8 Å². The molecule has 3 aromatic rings. The standard InChI is InChI=1S/C25H23FN2O4.CH3F.CH5N/c1-16-11-12-28-14-20(25(31)27-13-17-7-9-19(26)10-8-17)23(30)24(21(28)22(16)29)32-15-18-5-3-2-4-6-18;2*1-2/h2-10,14,16H,11-13,15H2,1H3,(H,27,31);1H3;2H2,1H3. The molecular weight excluding hydrogens is 468 g/mol. The Morgan fingerprint density at radius 3 is 2.33 bits per heavy atom. The van der Waals surface area contributed by atoms with Gasteiger partial charge in [-0.25, -0.2) is 4.39 Å². The maximum atomic E-state index is 13.2. The number of ether oxygens (including phenoxy) is 1. The first-order valence-corrected chi connectivity index (χ1v) is 11.4. The summed E-state index contributed by atoms with van der Waals surface area (Å²) in [6.45, 7) is 2.56. The van der Waals surface area contributed by atoms with Crippen LogP contribution in [0.15, 0.2) is 65.6 Å². The summed E-state index contributed by atoms with van der Waals surface area (Å²) in [4.78, 5) is 38.9. The number of hydrogen-bond donors (Lipinski definition) is 2. The number of pyridine rings is 1. The van der Waals surface area contributed by atoms with Crippen molar-refractivity contribution in [1.82, 2.24) is 9.88 Å². The highest BCUT2D eigenvalue weighted by Gasteiger charge is 2.31. The molecule has 2 aromatic carbocycles. The molecule has 192 valence electrons. The van der Waals surface area contributed by atoms with E-state index in [0.29, 0.717) is 25.7 Å². The van der Waals surface area contributed by atoms with E-state index in [1.54, 1.807) is 16.7 Å². The second-order valence-electron chi connectivity index (χ2n) is 7.88. The molecule has 0 bridgehead atoms. The molecule has 2 heterocycles. The summed E-state index contributed by atoms with van der Waals surface area (Å²) >= 11 is 0. The summed E-state index contributed by atoms with van der Waals surface area (Å²) < 4.78 is 30.1. The minimum Gasteiger partial charge on any atom is -0.483 e. The zero-order valence-electron chi connectivity index (χ0n) is 20.6.